The number of aromatic nitrogens is 2. The van der Waals surface area contributed by atoms with Gasteiger partial charge in [-0.2, -0.15) is 0 Å². The number of nitrogens with one attached hydrogen (secondary N) is 1. The van der Waals surface area contributed by atoms with E-state index < -0.39 is 0 Å². The van der Waals surface area contributed by atoms with Crippen molar-refractivity contribution in [3.8, 4) is 0 Å². The number of halogens is 1. The first-order valence-corrected chi connectivity index (χ1v) is 8.68. The monoisotopic (exact) mass is 357 g/mol. The summed E-state index contributed by atoms with van der Waals surface area (Å²) in [6.45, 7) is 3.01. The highest BCUT2D eigenvalue weighted by molar-refractivity contribution is 6.30. The fraction of sp³-hybridized carbons (Fsp3) is 0.316. The number of hydrogen-bond donors (Lipinski definition) is 1. The standard InChI is InChI=1S/C19H20ClN3O2/c1-13-9-15(20)4-6-17(13)19(25)14-3-2-8-23(11-14)18(24)7-5-16-10-21-12-22-16/h4-7,9-10,12,14H,2-3,8,11H2,1H3,(H,21,22)/b7-5+/t14-/m1/s1. The van der Waals surface area contributed by atoms with E-state index in [4.69, 9.17) is 11.6 Å². The molecule has 25 heavy (non-hydrogen) atoms. The lowest BCUT2D eigenvalue weighted by Crippen LogP contribution is -2.41. The number of hydrogen-bond acceptors (Lipinski definition) is 3. The van der Waals surface area contributed by atoms with Crippen molar-refractivity contribution in [2.24, 2.45) is 5.92 Å². The fourth-order valence-electron chi connectivity index (χ4n) is 3.14. The third kappa shape index (κ3) is 4.17. The number of benzene rings is 1. The molecule has 0 bridgehead atoms. The van der Waals surface area contributed by atoms with E-state index in [0.717, 1.165) is 24.1 Å². The number of nitrogens with zero attached hydrogens (tertiary/aromatic N) is 2. The molecule has 5 nitrogen and oxygen atoms in total. The van der Waals surface area contributed by atoms with Crippen LogP contribution in [0, 0.1) is 12.8 Å². The molecule has 2 aromatic rings. The maximum absolute atomic E-state index is 12.8. The van der Waals surface area contributed by atoms with Crippen molar-refractivity contribution in [2.45, 2.75) is 19.8 Å². The maximum atomic E-state index is 12.8. The van der Waals surface area contributed by atoms with Gasteiger partial charge in [0.1, 0.15) is 0 Å². The van der Waals surface area contributed by atoms with Crippen molar-refractivity contribution >= 4 is 29.4 Å². The highest BCUT2D eigenvalue weighted by atomic mass is 35.5. The molecule has 1 saturated heterocycles. The molecule has 0 saturated carbocycles. The number of likely N-dealkylation sites (tertiary alicyclic amines) is 1. The minimum absolute atomic E-state index is 0.0834. The first-order valence-electron chi connectivity index (χ1n) is 8.30. The number of aromatic amines is 1. The molecule has 1 aromatic heterocycles. The summed E-state index contributed by atoms with van der Waals surface area (Å²) >= 11 is 5.97. The van der Waals surface area contributed by atoms with Gasteiger partial charge in [-0.05, 0) is 49.6 Å². The van der Waals surface area contributed by atoms with E-state index in [0.29, 0.717) is 23.7 Å². The SMILES string of the molecule is Cc1cc(Cl)ccc1C(=O)[C@@H]1CCCN(C(=O)/C=C/c2cnc[nH]2)C1. The summed E-state index contributed by atoms with van der Waals surface area (Å²) in [7, 11) is 0. The van der Waals surface area contributed by atoms with Crippen LogP contribution in [-0.2, 0) is 4.79 Å². The molecule has 0 unspecified atom stereocenters. The molecule has 6 heteroatoms. The van der Waals surface area contributed by atoms with E-state index in [2.05, 4.69) is 9.97 Å². The van der Waals surface area contributed by atoms with Crippen molar-refractivity contribution < 1.29 is 9.59 Å². The number of ketones is 1. The molecule has 1 N–H and O–H groups in total. The lowest BCUT2D eigenvalue weighted by Gasteiger charge is -2.31. The van der Waals surface area contributed by atoms with E-state index in [1.54, 1.807) is 41.7 Å². The number of piperidine rings is 1. The summed E-state index contributed by atoms with van der Waals surface area (Å²) in [6.07, 6.45) is 8.06. The Labute approximate surface area is 151 Å². The number of imidazole rings is 1. The zero-order valence-electron chi connectivity index (χ0n) is 14.0. The molecule has 0 radical (unpaired) electrons. The van der Waals surface area contributed by atoms with E-state index in [9.17, 15) is 9.59 Å². The van der Waals surface area contributed by atoms with Gasteiger partial charge in [-0.25, -0.2) is 4.98 Å². The minimum Gasteiger partial charge on any atom is -0.345 e. The molecule has 1 aliphatic heterocycles. The third-order valence-electron chi connectivity index (χ3n) is 4.48. The molecular formula is C19H20ClN3O2. The van der Waals surface area contributed by atoms with Crippen molar-refractivity contribution in [1.82, 2.24) is 14.9 Å². The Balaban J connectivity index is 1.68. The number of aryl methyl sites for hydroxylation is 1. The zero-order chi connectivity index (χ0) is 17.8. The van der Waals surface area contributed by atoms with Crippen molar-refractivity contribution in [3.05, 3.63) is 58.6 Å². The van der Waals surface area contributed by atoms with Crippen LogP contribution in [0.1, 0.15) is 34.5 Å². The van der Waals surface area contributed by atoms with Gasteiger partial charge in [-0.1, -0.05) is 11.6 Å². The number of carbonyl (C=O) groups excluding carboxylic acids is 2. The summed E-state index contributed by atoms with van der Waals surface area (Å²) in [6, 6.07) is 5.31. The Morgan fingerprint density at radius 1 is 1.40 bits per heavy atom. The van der Waals surface area contributed by atoms with Crippen LogP contribution in [0.4, 0.5) is 0 Å². The molecule has 1 atom stereocenters. The lowest BCUT2D eigenvalue weighted by molar-refractivity contribution is -0.127. The van der Waals surface area contributed by atoms with Crippen LogP contribution in [0.2, 0.25) is 5.02 Å². The van der Waals surface area contributed by atoms with Crippen molar-refractivity contribution in [1.29, 1.82) is 0 Å². The van der Waals surface area contributed by atoms with Crippen LogP contribution in [-0.4, -0.2) is 39.6 Å². The predicted octanol–water partition coefficient (Wildman–Crippen LogP) is 3.51. The molecular weight excluding hydrogens is 338 g/mol. The van der Waals surface area contributed by atoms with Crippen LogP contribution in [0.5, 0.6) is 0 Å². The average Bonchev–Trinajstić information content (AvgIpc) is 3.13. The van der Waals surface area contributed by atoms with Gasteiger partial charge in [0.25, 0.3) is 0 Å². The molecule has 130 valence electrons. The Morgan fingerprint density at radius 2 is 2.24 bits per heavy atom. The first-order chi connectivity index (χ1) is 12.0. The molecule has 0 spiro atoms. The number of rotatable bonds is 4. The molecule has 1 aromatic carbocycles. The summed E-state index contributed by atoms with van der Waals surface area (Å²) in [5, 5.41) is 0.624. The van der Waals surface area contributed by atoms with Gasteiger partial charge in [0, 0.05) is 35.7 Å². The topological polar surface area (TPSA) is 66.1 Å². The number of carbonyl (C=O) groups is 2. The second-order valence-corrected chi connectivity index (χ2v) is 6.72. The van der Waals surface area contributed by atoms with Crippen LogP contribution < -0.4 is 0 Å². The summed E-state index contributed by atoms with van der Waals surface area (Å²) < 4.78 is 0. The smallest absolute Gasteiger partial charge is 0.246 e. The number of amides is 1. The quantitative estimate of drug-likeness (QED) is 0.672. The van der Waals surface area contributed by atoms with Crippen molar-refractivity contribution in [3.63, 3.8) is 0 Å². The fourth-order valence-corrected chi connectivity index (χ4v) is 3.37. The summed E-state index contributed by atoms with van der Waals surface area (Å²) in [5.74, 6) is -0.165. The van der Waals surface area contributed by atoms with E-state index in [-0.39, 0.29) is 17.6 Å². The molecule has 1 fully saturated rings. The van der Waals surface area contributed by atoms with E-state index in [1.807, 2.05) is 6.92 Å². The van der Waals surface area contributed by atoms with Crippen LogP contribution in [0.15, 0.2) is 36.8 Å². The highest BCUT2D eigenvalue weighted by Crippen LogP contribution is 2.24. The highest BCUT2D eigenvalue weighted by Gasteiger charge is 2.28. The van der Waals surface area contributed by atoms with Gasteiger partial charge >= 0.3 is 0 Å². The second kappa shape index (κ2) is 7.66. The lowest BCUT2D eigenvalue weighted by atomic mass is 9.88. The third-order valence-corrected chi connectivity index (χ3v) is 4.72. The summed E-state index contributed by atoms with van der Waals surface area (Å²) in [5.41, 5.74) is 2.34. The van der Waals surface area contributed by atoms with Gasteiger partial charge < -0.3 is 9.88 Å². The van der Waals surface area contributed by atoms with Crippen molar-refractivity contribution in [2.75, 3.05) is 13.1 Å². The molecule has 0 aliphatic carbocycles. The van der Waals surface area contributed by atoms with Gasteiger partial charge in [0.2, 0.25) is 5.91 Å². The Bertz CT molecular complexity index is 799. The molecule has 3 rings (SSSR count). The van der Waals surface area contributed by atoms with Crippen LogP contribution >= 0.6 is 11.6 Å². The van der Waals surface area contributed by atoms with Crippen LogP contribution in [0.25, 0.3) is 6.08 Å². The largest absolute Gasteiger partial charge is 0.345 e. The number of Topliss-reactive ketones (excluding diaryl/α,β-unsaturated/α-hetero) is 1. The van der Waals surface area contributed by atoms with Gasteiger partial charge in [0.05, 0.1) is 18.2 Å². The molecule has 1 amide bonds. The molecule has 1 aliphatic rings. The zero-order valence-corrected chi connectivity index (χ0v) is 14.8. The van der Waals surface area contributed by atoms with E-state index >= 15 is 0 Å². The predicted molar refractivity (Wildman–Crippen MR) is 97.4 cm³/mol. The molecule has 2 heterocycles. The second-order valence-electron chi connectivity index (χ2n) is 6.29. The Kier molecular flexibility index (Phi) is 5.34. The van der Waals surface area contributed by atoms with Gasteiger partial charge in [0.15, 0.2) is 5.78 Å². The Hall–Kier alpha value is -2.40. The maximum Gasteiger partial charge on any atom is 0.246 e. The minimum atomic E-state index is -0.168. The normalized spacial score (nSPS) is 17.8. The number of H-pyrrole nitrogens is 1. The van der Waals surface area contributed by atoms with Crippen LogP contribution in [0.3, 0.4) is 0 Å². The van der Waals surface area contributed by atoms with Gasteiger partial charge in [-0.15, -0.1) is 0 Å². The Morgan fingerprint density at radius 3 is 2.96 bits per heavy atom. The van der Waals surface area contributed by atoms with Gasteiger partial charge in [-0.3, -0.25) is 9.59 Å². The first kappa shape index (κ1) is 17.4. The summed E-state index contributed by atoms with van der Waals surface area (Å²) in [4.78, 5) is 33.8. The van der Waals surface area contributed by atoms with E-state index in [1.165, 1.54) is 6.08 Å². The average molecular weight is 358 g/mol.